The molecule has 1 amide bonds. The third kappa shape index (κ3) is 6.94. The molecule has 0 fully saturated rings. The van der Waals surface area contributed by atoms with Crippen molar-refractivity contribution in [1.29, 1.82) is 0 Å². The minimum atomic E-state index is -1.17. The summed E-state index contributed by atoms with van der Waals surface area (Å²) in [6.45, 7) is 1.46. The van der Waals surface area contributed by atoms with Crippen LogP contribution in [0.2, 0.25) is 0 Å². The highest BCUT2D eigenvalue weighted by atomic mass is 32.2. The molecule has 20 heavy (non-hydrogen) atoms. The van der Waals surface area contributed by atoms with E-state index in [2.05, 4.69) is 5.32 Å². The first-order valence-corrected chi connectivity index (χ1v) is 7.14. The quantitative estimate of drug-likeness (QED) is 0.744. The zero-order chi connectivity index (χ0) is 15.0. The number of hydrogen-bond donors (Lipinski definition) is 2. The van der Waals surface area contributed by atoms with Gasteiger partial charge in [0.1, 0.15) is 6.42 Å². The number of carbonyl (C=O) groups excluding carboxylic acids is 2. The SMILES string of the molecule is CC(=O)SCC(Cc1ccccc1)NC(=O)CC(=O)O. The number of nitrogens with one attached hydrogen (secondary N) is 1. The Morgan fingerprint density at radius 2 is 1.90 bits per heavy atom. The van der Waals surface area contributed by atoms with Gasteiger partial charge < -0.3 is 10.4 Å². The van der Waals surface area contributed by atoms with Crippen LogP contribution in [0.4, 0.5) is 0 Å². The summed E-state index contributed by atoms with van der Waals surface area (Å²) in [6.07, 6.45) is 0.00249. The molecule has 108 valence electrons. The second kappa shape index (κ2) is 8.37. The van der Waals surface area contributed by atoms with E-state index in [0.29, 0.717) is 12.2 Å². The molecule has 1 aromatic carbocycles. The van der Waals surface area contributed by atoms with Crippen LogP contribution in [-0.2, 0) is 20.8 Å². The molecule has 0 bridgehead atoms. The summed E-state index contributed by atoms with van der Waals surface area (Å²) < 4.78 is 0. The van der Waals surface area contributed by atoms with Crippen molar-refractivity contribution in [2.45, 2.75) is 25.8 Å². The number of carboxylic acids is 1. The van der Waals surface area contributed by atoms with E-state index in [1.165, 1.54) is 6.92 Å². The molecule has 0 aliphatic heterocycles. The number of benzene rings is 1. The van der Waals surface area contributed by atoms with Crippen molar-refractivity contribution in [3.05, 3.63) is 35.9 Å². The van der Waals surface area contributed by atoms with Crippen molar-refractivity contribution in [2.75, 3.05) is 5.75 Å². The molecule has 0 aromatic heterocycles. The molecule has 1 atom stereocenters. The van der Waals surface area contributed by atoms with Crippen LogP contribution in [0.1, 0.15) is 18.9 Å². The van der Waals surface area contributed by atoms with Crippen LogP contribution in [0.5, 0.6) is 0 Å². The second-order valence-corrected chi connectivity index (χ2v) is 5.52. The zero-order valence-electron chi connectivity index (χ0n) is 11.2. The predicted molar refractivity (Wildman–Crippen MR) is 77.5 cm³/mol. The molecule has 0 radical (unpaired) electrons. The second-order valence-electron chi connectivity index (χ2n) is 4.33. The lowest BCUT2D eigenvalue weighted by molar-refractivity contribution is -0.140. The summed E-state index contributed by atoms with van der Waals surface area (Å²) in [5.74, 6) is -1.28. The van der Waals surface area contributed by atoms with Gasteiger partial charge in [-0.2, -0.15) is 0 Å². The Kier molecular flexibility index (Phi) is 6.79. The lowest BCUT2D eigenvalue weighted by Gasteiger charge is -2.17. The number of rotatable bonds is 7. The Hall–Kier alpha value is -1.82. The fourth-order valence-electron chi connectivity index (χ4n) is 1.68. The van der Waals surface area contributed by atoms with Crippen LogP contribution in [-0.4, -0.2) is 33.9 Å². The third-order valence-corrected chi connectivity index (χ3v) is 3.47. The zero-order valence-corrected chi connectivity index (χ0v) is 12.0. The van der Waals surface area contributed by atoms with Gasteiger partial charge in [0.05, 0.1) is 0 Å². The molecular formula is C14H17NO4S. The topological polar surface area (TPSA) is 83.5 Å². The summed E-state index contributed by atoms with van der Waals surface area (Å²) in [4.78, 5) is 33.0. The molecule has 0 spiro atoms. The first-order chi connectivity index (χ1) is 9.47. The molecule has 2 N–H and O–H groups in total. The lowest BCUT2D eigenvalue weighted by Crippen LogP contribution is -2.39. The highest BCUT2D eigenvalue weighted by Crippen LogP contribution is 2.10. The van der Waals surface area contributed by atoms with Gasteiger partial charge in [-0.3, -0.25) is 14.4 Å². The average Bonchev–Trinajstić information content (AvgIpc) is 2.36. The van der Waals surface area contributed by atoms with E-state index in [9.17, 15) is 14.4 Å². The highest BCUT2D eigenvalue weighted by molar-refractivity contribution is 8.13. The Balaban J connectivity index is 2.62. The van der Waals surface area contributed by atoms with Gasteiger partial charge in [-0.25, -0.2) is 0 Å². The van der Waals surface area contributed by atoms with Crippen molar-refractivity contribution in [3.63, 3.8) is 0 Å². The fraction of sp³-hybridized carbons (Fsp3) is 0.357. The standard InChI is InChI=1S/C14H17NO4S/c1-10(16)20-9-12(15-13(17)8-14(18)19)7-11-5-3-2-4-6-11/h2-6,12H,7-9H2,1H3,(H,15,17)(H,18,19). The van der Waals surface area contributed by atoms with E-state index >= 15 is 0 Å². The van der Waals surface area contributed by atoms with E-state index in [-0.39, 0.29) is 11.2 Å². The van der Waals surface area contributed by atoms with Crippen molar-refractivity contribution >= 4 is 28.8 Å². The molecule has 0 saturated heterocycles. The van der Waals surface area contributed by atoms with Gasteiger partial charge in [0.25, 0.3) is 0 Å². The smallest absolute Gasteiger partial charge is 0.312 e. The number of amides is 1. The van der Waals surface area contributed by atoms with E-state index in [1.54, 1.807) is 0 Å². The monoisotopic (exact) mass is 295 g/mol. The Labute approximate surface area is 121 Å². The van der Waals surface area contributed by atoms with Crippen LogP contribution >= 0.6 is 11.8 Å². The molecule has 1 rings (SSSR count). The Morgan fingerprint density at radius 1 is 1.25 bits per heavy atom. The predicted octanol–water partition coefficient (Wildman–Crippen LogP) is 1.47. The molecule has 6 heteroatoms. The van der Waals surface area contributed by atoms with Gasteiger partial charge in [-0.05, 0) is 12.0 Å². The maximum absolute atomic E-state index is 11.5. The lowest BCUT2D eigenvalue weighted by atomic mass is 10.1. The minimum absolute atomic E-state index is 0.0319. The van der Waals surface area contributed by atoms with Crippen molar-refractivity contribution in [1.82, 2.24) is 5.32 Å². The van der Waals surface area contributed by atoms with Crippen LogP contribution in [0.15, 0.2) is 30.3 Å². The Morgan fingerprint density at radius 3 is 2.45 bits per heavy atom. The maximum Gasteiger partial charge on any atom is 0.312 e. The van der Waals surface area contributed by atoms with Crippen LogP contribution in [0, 0.1) is 0 Å². The van der Waals surface area contributed by atoms with Gasteiger partial charge in [-0.1, -0.05) is 42.1 Å². The summed E-state index contributed by atoms with van der Waals surface area (Å²) in [5.41, 5.74) is 1.03. The maximum atomic E-state index is 11.5. The van der Waals surface area contributed by atoms with Crippen LogP contribution in [0.3, 0.4) is 0 Å². The average molecular weight is 295 g/mol. The molecule has 0 aliphatic carbocycles. The van der Waals surface area contributed by atoms with Gasteiger partial charge in [-0.15, -0.1) is 0 Å². The summed E-state index contributed by atoms with van der Waals surface area (Å²) in [7, 11) is 0. The number of aliphatic carboxylic acids is 1. The first-order valence-electron chi connectivity index (χ1n) is 6.16. The summed E-state index contributed by atoms with van der Waals surface area (Å²) in [5, 5.41) is 11.2. The van der Waals surface area contributed by atoms with E-state index in [0.717, 1.165) is 17.3 Å². The van der Waals surface area contributed by atoms with Gasteiger partial charge >= 0.3 is 5.97 Å². The molecule has 5 nitrogen and oxygen atoms in total. The molecule has 0 aliphatic rings. The van der Waals surface area contributed by atoms with Gasteiger partial charge in [0, 0.05) is 18.7 Å². The largest absolute Gasteiger partial charge is 0.481 e. The van der Waals surface area contributed by atoms with E-state index in [4.69, 9.17) is 5.11 Å². The van der Waals surface area contributed by atoms with Gasteiger partial charge in [0.15, 0.2) is 5.12 Å². The number of carboxylic acid groups (broad SMARTS) is 1. The molecule has 0 heterocycles. The summed E-state index contributed by atoms with van der Waals surface area (Å²) >= 11 is 1.12. The van der Waals surface area contributed by atoms with Gasteiger partial charge in [0.2, 0.25) is 5.91 Å². The molecule has 1 unspecified atom stereocenters. The van der Waals surface area contributed by atoms with Crippen molar-refractivity contribution in [3.8, 4) is 0 Å². The van der Waals surface area contributed by atoms with Crippen molar-refractivity contribution in [2.24, 2.45) is 0 Å². The molecule has 1 aromatic rings. The van der Waals surface area contributed by atoms with E-state index in [1.807, 2.05) is 30.3 Å². The van der Waals surface area contributed by atoms with E-state index < -0.39 is 18.3 Å². The number of carbonyl (C=O) groups is 3. The van der Waals surface area contributed by atoms with Crippen molar-refractivity contribution < 1.29 is 19.5 Å². The molecular weight excluding hydrogens is 278 g/mol. The minimum Gasteiger partial charge on any atom is -0.481 e. The van der Waals surface area contributed by atoms with Crippen LogP contribution in [0.25, 0.3) is 0 Å². The first kappa shape index (κ1) is 16.2. The summed E-state index contributed by atoms with van der Waals surface area (Å²) in [6, 6.07) is 9.26. The fourth-order valence-corrected chi connectivity index (χ4v) is 2.32. The third-order valence-electron chi connectivity index (χ3n) is 2.49. The highest BCUT2D eigenvalue weighted by Gasteiger charge is 2.16. The number of hydrogen-bond acceptors (Lipinski definition) is 4. The van der Waals surface area contributed by atoms with Crippen LogP contribution < -0.4 is 5.32 Å². The number of thioether (sulfide) groups is 1. The molecule has 0 saturated carbocycles. The Bertz CT molecular complexity index is 475. The normalized spacial score (nSPS) is 11.7.